The molecule has 3 heteroatoms. The lowest BCUT2D eigenvalue weighted by Crippen LogP contribution is -2.04. The Bertz CT molecular complexity index is 250. The zero-order valence-electron chi connectivity index (χ0n) is 6.04. The predicted molar refractivity (Wildman–Crippen MR) is 40.6 cm³/mol. The van der Waals surface area contributed by atoms with E-state index in [1.54, 1.807) is 4.68 Å². The van der Waals surface area contributed by atoms with Gasteiger partial charge >= 0.3 is 0 Å². The van der Waals surface area contributed by atoms with Crippen molar-refractivity contribution in [3.8, 4) is 0 Å². The van der Waals surface area contributed by atoms with Crippen LogP contribution in [0.4, 0.5) is 0 Å². The van der Waals surface area contributed by atoms with Gasteiger partial charge < -0.3 is 0 Å². The van der Waals surface area contributed by atoms with Crippen molar-refractivity contribution in [2.45, 2.75) is 18.8 Å². The fourth-order valence-corrected chi connectivity index (χ4v) is 1.20. The highest BCUT2D eigenvalue weighted by Gasteiger charge is 2.27. The summed E-state index contributed by atoms with van der Waals surface area (Å²) in [5.41, 5.74) is 1.95. The first-order valence-electron chi connectivity index (χ1n) is 3.56. The molecule has 1 aromatic heterocycles. The average Bonchev–Trinajstić information content (AvgIpc) is 2.61. The first kappa shape index (κ1) is 6.02. The van der Waals surface area contributed by atoms with E-state index >= 15 is 0 Å². The van der Waals surface area contributed by atoms with Crippen LogP contribution in [0.3, 0.4) is 0 Å². The van der Waals surface area contributed by atoms with Crippen molar-refractivity contribution < 1.29 is 0 Å². The minimum absolute atomic E-state index is 0.668. The molecule has 0 atom stereocenters. The lowest BCUT2D eigenvalue weighted by atomic mass is 9.95. The molecule has 2 radical (unpaired) electrons. The van der Waals surface area contributed by atoms with E-state index in [2.05, 4.69) is 5.10 Å². The molecule has 0 aromatic carbocycles. The van der Waals surface area contributed by atoms with Crippen LogP contribution in [-0.2, 0) is 7.05 Å². The zero-order valence-corrected chi connectivity index (χ0v) is 6.04. The van der Waals surface area contributed by atoms with E-state index in [4.69, 9.17) is 7.85 Å². The highest BCUT2D eigenvalue weighted by Crippen LogP contribution is 2.37. The molecule has 2 rings (SSSR count). The van der Waals surface area contributed by atoms with Crippen LogP contribution in [0.25, 0.3) is 0 Å². The van der Waals surface area contributed by atoms with E-state index in [0.29, 0.717) is 5.92 Å². The highest BCUT2D eigenvalue weighted by atomic mass is 15.3. The topological polar surface area (TPSA) is 17.8 Å². The summed E-state index contributed by atoms with van der Waals surface area (Å²) >= 11 is 0. The SMILES string of the molecule is [B]c1cn(C)nc1C1CC1. The van der Waals surface area contributed by atoms with Gasteiger partial charge in [0.05, 0.1) is 5.69 Å². The van der Waals surface area contributed by atoms with E-state index in [-0.39, 0.29) is 0 Å². The molecule has 2 nitrogen and oxygen atoms in total. The lowest BCUT2D eigenvalue weighted by molar-refractivity contribution is 0.744. The van der Waals surface area contributed by atoms with E-state index in [0.717, 1.165) is 11.2 Å². The largest absolute Gasteiger partial charge is 0.276 e. The molecule has 10 heavy (non-hydrogen) atoms. The Morgan fingerprint density at radius 2 is 2.40 bits per heavy atom. The minimum Gasteiger partial charge on any atom is -0.276 e. The third-order valence-electron chi connectivity index (χ3n) is 1.85. The van der Waals surface area contributed by atoms with Crippen molar-refractivity contribution in [3.63, 3.8) is 0 Å². The van der Waals surface area contributed by atoms with Gasteiger partial charge in [-0.15, -0.1) is 0 Å². The predicted octanol–water partition coefficient (Wildman–Crippen LogP) is 0.0913. The van der Waals surface area contributed by atoms with Crippen LogP contribution in [-0.4, -0.2) is 17.6 Å². The third-order valence-corrected chi connectivity index (χ3v) is 1.85. The summed E-state index contributed by atoms with van der Waals surface area (Å²) in [7, 11) is 7.60. The van der Waals surface area contributed by atoms with Crippen LogP contribution in [0, 0.1) is 0 Å². The van der Waals surface area contributed by atoms with Crippen LogP contribution in [0.1, 0.15) is 24.5 Å². The van der Waals surface area contributed by atoms with Gasteiger partial charge in [0.2, 0.25) is 0 Å². The molecule has 1 aliphatic rings. The molecule has 0 spiro atoms. The molecule has 1 heterocycles. The highest BCUT2D eigenvalue weighted by molar-refractivity contribution is 6.33. The van der Waals surface area contributed by atoms with Gasteiger partial charge in [0.25, 0.3) is 0 Å². The third kappa shape index (κ3) is 0.858. The lowest BCUT2D eigenvalue weighted by Gasteiger charge is -1.89. The number of aromatic nitrogens is 2. The van der Waals surface area contributed by atoms with Gasteiger partial charge in [0.15, 0.2) is 0 Å². The van der Waals surface area contributed by atoms with Gasteiger partial charge in [-0.1, -0.05) is 5.46 Å². The van der Waals surface area contributed by atoms with Crippen LogP contribution < -0.4 is 5.46 Å². The fourth-order valence-electron chi connectivity index (χ4n) is 1.20. The molecular weight excluding hydrogens is 123 g/mol. The van der Waals surface area contributed by atoms with Gasteiger partial charge in [0.1, 0.15) is 7.85 Å². The summed E-state index contributed by atoms with van der Waals surface area (Å²) < 4.78 is 1.78. The smallest absolute Gasteiger partial charge is 0.118 e. The number of hydrogen-bond donors (Lipinski definition) is 0. The van der Waals surface area contributed by atoms with E-state index in [1.807, 2.05) is 13.2 Å². The Labute approximate surface area is 61.6 Å². The summed E-state index contributed by atoms with van der Waals surface area (Å²) in [6, 6.07) is 0. The number of hydrogen-bond acceptors (Lipinski definition) is 1. The second-order valence-electron chi connectivity index (χ2n) is 2.92. The number of aryl methyl sites for hydroxylation is 1. The van der Waals surface area contributed by atoms with Crippen LogP contribution in [0.2, 0.25) is 0 Å². The summed E-state index contributed by atoms with van der Waals surface area (Å²) in [5, 5.41) is 4.26. The molecule has 0 unspecified atom stereocenters. The summed E-state index contributed by atoms with van der Waals surface area (Å²) in [5.74, 6) is 0.668. The van der Waals surface area contributed by atoms with Crippen molar-refractivity contribution in [2.24, 2.45) is 7.05 Å². The second-order valence-corrected chi connectivity index (χ2v) is 2.92. The molecule has 1 fully saturated rings. The summed E-state index contributed by atoms with van der Waals surface area (Å²) in [4.78, 5) is 0. The fraction of sp³-hybridized carbons (Fsp3) is 0.571. The first-order valence-corrected chi connectivity index (χ1v) is 3.56. The Morgan fingerprint density at radius 3 is 2.80 bits per heavy atom. The zero-order chi connectivity index (χ0) is 7.14. The molecule has 50 valence electrons. The minimum atomic E-state index is 0.668. The molecule has 0 bridgehead atoms. The van der Waals surface area contributed by atoms with Crippen molar-refractivity contribution in [1.82, 2.24) is 9.78 Å². The summed E-state index contributed by atoms with van der Waals surface area (Å²) in [6.07, 6.45) is 4.40. The van der Waals surface area contributed by atoms with E-state index in [1.165, 1.54) is 12.8 Å². The molecule has 0 saturated heterocycles. The van der Waals surface area contributed by atoms with Gasteiger partial charge in [-0.3, -0.25) is 4.68 Å². The van der Waals surface area contributed by atoms with Gasteiger partial charge in [-0.05, 0) is 12.8 Å². The monoisotopic (exact) mass is 132 g/mol. The number of nitrogens with zero attached hydrogens (tertiary/aromatic N) is 2. The molecule has 0 amide bonds. The average molecular weight is 132 g/mol. The van der Waals surface area contributed by atoms with Gasteiger partial charge in [0, 0.05) is 19.2 Å². The first-order chi connectivity index (χ1) is 4.77. The Balaban J connectivity index is 2.38. The molecule has 1 saturated carbocycles. The normalized spacial score (nSPS) is 17.7. The van der Waals surface area contributed by atoms with E-state index < -0.39 is 0 Å². The van der Waals surface area contributed by atoms with E-state index in [9.17, 15) is 0 Å². The number of rotatable bonds is 1. The molecular formula is C7H9BN2. The molecule has 1 aliphatic carbocycles. The molecule has 1 aromatic rings. The quantitative estimate of drug-likeness (QED) is 0.495. The van der Waals surface area contributed by atoms with Crippen LogP contribution in [0.15, 0.2) is 6.20 Å². The van der Waals surface area contributed by atoms with Gasteiger partial charge in [-0.2, -0.15) is 5.10 Å². The van der Waals surface area contributed by atoms with Crippen molar-refractivity contribution >= 4 is 13.3 Å². The van der Waals surface area contributed by atoms with Crippen LogP contribution in [0.5, 0.6) is 0 Å². The maximum Gasteiger partial charge on any atom is 0.118 e. The Morgan fingerprint density at radius 1 is 1.70 bits per heavy atom. The summed E-state index contributed by atoms with van der Waals surface area (Å²) in [6.45, 7) is 0. The maximum atomic E-state index is 5.70. The molecule has 0 N–H and O–H groups in total. The standard InChI is InChI=1S/C7H9BN2/c1-10-4-6(8)7(9-10)5-2-3-5/h4-5H,2-3H2,1H3. The van der Waals surface area contributed by atoms with Gasteiger partial charge in [-0.25, -0.2) is 0 Å². The van der Waals surface area contributed by atoms with Crippen molar-refractivity contribution in [1.29, 1.82) is 0 Å². The van der Waals surface area contributed by atoms with Crippen molar-refractivity contribution in [2.75, 3.05) is 0 Å². The van der Waals surface area contributed by atoms with Crippen LogP contribution >= 0.6 is 0 Å². The molecule has 0 aliphatic heterocycles. The Kier molecular flexibility index (Phi) is 1.13. The maximum absolute atomic E-state index is 5.70. The van der Waals surface area contributed by atoms with Crippen molar-refractivity contribution in [3.05, 3.63) is 11.9 Å². The second kappa shape index (κ2) is 1.88. The Hall–Kier alpha value is -0.725.